The number of hydrogen-bond acceptors (Lipinski definition) is 3. The summed E-state index contributed by atoms with van der Waals surface area (Å²) in [6.07, 6.45) is 6.76. The Morgan fingerprint density at radius 3 is 2.53 bits per heavy atom. The van der Waals surface area contributed by atoms with E-state index in [2.05, 4.69) is 65.9 Å². The second kappa shape index (κ2) is 10.4. The Kier molecular flexibility index (Phi) is 7.23. The number of aryl methyl sites for hydroxylation is 1. The number of amides is 1. The third kappa shape index (κ3) is 4.71. The molecule has 1 saturated heterocycles. The molecule has 1 aliphatic carbocycles. The van der Waals surface area contributed by atoms with Crippen molar-refractivity contribution in [2.24, 2.45) is 5.92 Å². The summed E-state index contributed by atoms with van der Waals surface area (Å²) in [6.45, 7) is 8.57. The van der Waals surface area contributed by atoms with Gasteiger partial charge < -0.3 is 14.8 Å². The van der Waals surface area contributed by atoms with Crippen molar-refractivity contribution >= 4 is 41.0 Å². The quantitative estimate of drug-likeness (QED) is 0.347. The molecule has 1 aromatic heterocycles. The Balaban J connectivity index is 1.51. The van der Waals surface area contributed by atoms with Crippen molar-refractivity contribution in [2.45, 2.75) is 64.9 Å². The van der Waals surface area contributed by atoms with Gasteiger partial charge >= 0.3 is 0 Å². The van der Waals surface area contributed by atoms with Crippen molar-refractivity contribution in [1.29, 1.82) is 0 Å². The minimum Gasteiger partial charge on any atom is -0.356 e. The van der Waals surface area contributed by atoms with E-state index in [-0.39, 0.29) is 17.4 Å². The maximum Gasteiger partial charge on any atom is 0.262 e. The van der Waals surface area contributed by atoms with Crippen molar-refractivity contribution in [3.05, 3.63) is 87.0 Å². The van der Waals surface area contributed by atoms with Gasteiger partial charge in [0, 0.05) is 33.8 Å². The summed E-state index contributed by atoms with van der Waals surface area (Å²) in [5.41, 5.74) is 6.35. The summed E-state index contributed by atoms with van der Waals surface area (Å²) >= 11 is 8.06. The Bertz CT molecular complexity index is 1300. The lowest BCUT2D eigenvalue weighted by atomic mass is 9.85. The molecular weight excluding hydrogens is 486 g/mol. The minimum absolute atomic E-state index is 0.115. The first kappa shape index (κ1) is 25.0. The Morgan fingerprint density at radius 1 is 1.03 bits per heavy atom. The van der Waals surface area contributed by atoms with Crippen LogP contribution in [-0.4, -0.2) is 26.9 Å². The van der Waals surface area contributed by atoms with Gasteiger partial charge in [0.25, 0.3) is 5.91 Å². The van der Waals surface area contributed by atoms with Gasteiger partial charge in [0.2, 0.25) is 0 Å². The first-order chi connectivity index (χ1) is 17.3. The molecule has 2 aromatic carbocycles. The van der Waals surface area contributed by atoms with E-state index >= 15 is 0 Å². The number of nitrogens with zero attached hydrogens (tertiary/aromatic N) is 2. The largest absolute Gasteiger partial charge is 0.356 e. The van der Waals surface area contributed by atoms with E-state index in [1.54, 1.807) is 11.8 Å². The van der Waals surface area contributed by atoms with Crippen LogP contribution in [0.15, 0.2) is 59.5 Å². The molecule has 4 nitrogen and oxygen atoms in total. The molecule has 0 bridgehead atoms. The number of thioether (sulfide) groups is 1. The van der Waals surface area contributed by atoms with Gasteiger partial charge in [-0.05, 0) is 87.1 Å². The summed E-state index contributed by atoms with van der Waals surface area (Å²) in [5, 5.41) is 4.39. The fraction of sp³-hybridized carbons (Fsp3) is 0.367. The van der Waals surface area contributed by atoms with Gasteiger partial charge in [-0.1, -0.05) is 67.4 Å². The van der Waals surface area contributed by atoms with Crippen molar-refractivity contribution in [2.75, 3.05) is 5.32 Å². The molecule has 2 fully saturated rings. The zero-order valence-corrected chi connectivity index (χ0v) is 23.0. The van der Waals surface area contributed by atoms with Crippen molar-refractivity contribution < 1.29 is 4.79 Å². The van der Waals surface area contributed by atoms with Crippen LogP contribution in [0.4, 0.5) is 5.69 Å². The Labute approximate surface area is 223 Å². The van der Waals surface area contributed by atoms with E-state index in [9.17, 15) is 4.79 Å². The summed E-state index contributed by atoms with van der Waals surface area (Å²) in [5.74, 6) is 0.634. The highest BCUT2D eigenvalue weighted by Crippen LogP contribution is 2.42. The topological polar surface area (TPSA) is 37.3 Å². The maximum atomic E-state index is 13.9. The highest BCUT2D eigenvalue weighted by molar-refractivity contribution is 8.05. The molecule has 0 spiro atoms. The monoisotopic (exact) mass is 519 g/mol. The fourth-order valence-electron chi connectivity index (χ4n) is 5.65. The molecule has 5 rings (SSSR count). The second-order valence-electron chi connectivity index (χ2n) is 10.1. The molecule has 1 saturated carbocycles. The number of anilines is 1. The molecule has 6 heteroatoms. The zero-order chi connectivity index (χ0) is 25.4. The van der Waals surface area contributed by atoms with Gasteiger partial charge in [-0.15, -0.1) is 0 Å². The average Bonchev–Trinajstić information content (AvgIpc) is 3.31. The normalized spacial score (nSPS) is 23.5. The number of rotatable bonds is 5. The van der Waals surface area contributed by atoms with Gasteiger partial charge in [-0.3, -0.25) is 4.79 Å². The molecule has 2 aliphatic rings. The van der Waals surface area contributed by atoms with Crippen LogP contribution >= 0.6 is 23.4 Å². The van der Waals surface area contributed by atoms with Gasteiger partial charge in [0.1, 0.15) is 0 Å². The van der Waals surface area contributed by atoms with Crippen LogP contribution < -0.4 is 5.32 Å². The van der Waals surface area contributed by atoms with E-state index in [0.29, 0.717) is 5.92 Å². The van der Waals surface area contributed by atoms with Gasteiger partial charge in [-0.25, -0.2) is 0 Å². The molecule has 3 atom stereocenters. The highest BCUT2D eigenvalue weighted by atomic mass is 35.5. The van der Waals surface area contributed by atoms with Crippen LogP contribution in [0.3, 0.4) is 0 Å². The van der Waals surface area contributed by atoms with Crippen molar-refractivity contribution in [1.82, 2.24) is 9.47 Å². The molecule has 188 valence electrons. The standard InChI is InChI=1S/C30H34ClN3OS/c1-19-11-8-9-15-26(19)34-29(35)28(36-30(34)32-24-12-6-5-7-13-24)18-23-17-20(2)33(22(23)4)27-16-10-14-25(31)21(27)3/h5-7,10,12-14,16-19,26,30,32H,8-9,11,15H2,1-4H3/b28-18-/t19-,26+,30?/m0/s1. The van der Waals surface area contributed by atoms with Gasteiger partial charge in [-0.2, -0.15) is 0 Å². The van der Waals surface area contributed by atoms with Crippen molar-refractivity contribution in [3.8, 4) is 5.69 Å². The number of hydrogen-bond donors (Lipinski definition) is 1. The molecule has 36 heavy (non-hydrogen) atoms. The summed E-state index contributed by atoms with van der Waals surface area (Å²) < 4.78 is 2.23. The number of benzene rings is 2. The average molecular weight is 520 g/mol. The molecule has 1 amide bonds. The van der Waals surface area contributed by atoms with Crippen LogP contribution in [0.1, 0.15) is 55.1 Å². The summed E-state index contributed by atoms with van der Waals surface area (Å²) in [6, 6.07) is 18.6. The molecule has 1 N–H and O–H groups in total. The lowest BCUT2D eigenvalue weighted by Gasteiger charge is -2.39. The molecular formula is C30H34ClN3OS. The van der Waals surface area contributed by atoms with Gasteiger partial charge in [0.15, 0.2) is 5.50 Å². The SMILES string of the molecule is Cc1c(Cl)cccc1-n1c(C)cc(/C=C2\SC(Nc3ccccc3)N([C@@H]3CCCC[C@@H]3C)C2=O)c1C. The molecule has 3 aromatic rings. The van der Waals surface area contributed by atoms with Crippen LogP contribution in [0.25, 0.3) is 11.8 Å². The van der Waals surface area contributed by atoms with E-state index in [1.807, 2.05) is 37.3 Å². The molecule has 1 aliphatic heterocycles. The lowest BCUT2D eigenvalue weighted by molar-refractivity contribution is -0.129. The number of aromatic nitrogens is 1. The minimum atomic E-state index is -0.115. The van der Waals surface area contributed by atoms with Crippen molar-refractivity contribution in [3.63, 3.8) is 0 Å². The third-order valence-corrected chi connectivity index (χ3v) is 9.18. The Hall–Kier alpha value is -2.63. The summed E-state index contributed by atoms with van der Waals surface area (Å²) in [7, 11) is 0. The number of nitrogens with one attached hydrogen (secondary N) is 1. The predicted octanol–water partition coefficient (Wildman–Crippen LogP) is 7.95. The number of carbonyl (C=O) groups is 1. The maximum absolute atomic E-state index is 13.9. The van der Waals surface area contributed by atoms with E-state index in [4.69, 9.17) is 11.6 Å². The molecule has 0 radical (unpaired) electrons. The smallest absolute Gasteiger partial charge is 0.262 e. The predicted molar refractivity (Wildman–Crippen MR) is 153 cm³/mol. The van der Waals surface area contributed by atoms with Crippen LogP contribution in [0.2, 0.25) is 5.02 Å². The lowest BCUT2D eigenvalue weighted by Crippen LogP contribution is -2.48. The van der Waals surface area contributed by atoms with Crippen LogP contribution in [-0.2, 0) is 4.79 Å². The molecule has 1 unspecified atom stereocenters. The van der Waals surface area contributed by atoms with E-state index in [0.717, 1.165) is 50.2 Å². The number of carbonyl (C=O) groups excluding carboxylic acids is 1. The van der Waals surface area contributed by atoms with E-state index < -0.39 is 0 Å². The molecule has 2 heterocycles. The third-order valence-electron chi connectivity index (χ3n) is 7.66. The fourth-order valence-corrected chi connectivity index (χ4v) is 7.02. The first-order valence-corrected chi connectivity index (χ1v) is 14.1. The Morgan fingerprint density at radius 2 is 1.78 bits per heavy atom. The van der Waals surface area contributed by atoms with Crippen LogP contribution in [0.5, 0.6) is 0 Å². The second-order valence-corrected chi connectivity index (χ2v) is 11.6. The van der Waals surface area contributed by atoms with Gasteiger partial charge in [0.05, 0.1) is 4.91 Å². The van der Waals surface area contributed by atoms with E-state index in [1.165, 1.54) is 19.3 Å². The summed E-state index contributed by atoms with van der Waals surface area (Å²) in [4.78, 5) is 16.8. The van der Waals surface area contributed by atoms with Crippen LogP contribution in [0, 0.1) is 26.7 Å². The zero-order valence-electron chi connectivity index (χ0n) is 21.4. The number of halogens is 1. The first-order valence-electron chi connectivity index (χ1n) is 12.8. The number of para-hydroxylation sites is 1. The highest BCUT2D eigenvalue weighted by Gasteiger charge is 2.43.